The average molecular weight is 325 g/mol. The molecule has 1 amide bonds. The molecule has 1 fully saturated rings. The first-order valence-electron chi connectivity index (χ1n) is 7.98. The Kier molecular flexibility index (Phi) is 5.34. The fourth-order valence-electron chi connectivity index (χ4n) is 3.02. The smallest absolute Gasteiger partial charge is 0.280 e. The van der Waals surface area contributed by atoms with E-state index in [0.717, 1.165) is 12.0 Å². The summed E-state index contributed by atoms with van der Waals surface area (Å²) in [6.07, 6.45) is 0.207. The van der Waals surface area contributed by atoms with Gasteiger partial charge in [-0.3, -0.25) is 9.78 Å². The summed E-state index contributed by atoms with van der Waals surface area (Å²) in [4.78, 5) is 15.5. The number of rotatable bonds is 4. The fraction of sp³-hybridized carbons (Fsp3) is 0.647. The highest BCUT2D eigenvalue weighted by Crippen LogP contribution is 2.28. The molecule has 0 bridgehead atoms. The molecule has 6 heteroatoms. The van der Waals surface area contributed by atoms with E-state index >= 15 is 0 Å². The quantitative estimate of drug-likeness (QED) is 0.892. The first-order chi connectivity index (χ1) is 10.7. The van der Waals surface area contributed by atoms with Crippen molar-refractivity contribution in [3.05, 3.63) is 29.6 Å². The second-order valence-corrected chi connectivity index (χ2v) is 7.26. The van der Waals surface area contributed by atoms with Gasteiger partial charge in [-0.15, -0.1) is 0 Å². The number of nitrogens with one attached hydrogen (secondary N) is 2. The Morgan fingerprint density at radius 1 is 1.35 bits per heavy atom. The zero-order chi connectivity index (χ0) is 17.2. The number of carbonyl (C=O) groups is 1. The van der Waals surface area contributed by atoms with Gasteiger partial charge in [0.15, 0.2) is 0 Å². The summed E-state index contributed by atoms with van der Waals surface area (Å²) >= 11 is 0. The van der Waals surface area contributed by atoms with Crippen molar-refractivity contribution in [1.82, 2.24) is 15.6 Å². The number of carbonyl (C=O) groups excluding carboxylic acids is 1. The number of hydrogen-bond donors (Lipinski definition) is 2. The Morgan fingerprint density at radius 3 is 2.57 bits per heavy atom. The molecule has 1 aliphatic rings. The molecule has 0 radical (unpaired) electrons. The lowest BCUT2D eigenvalue weighted by atomic mass is 9.78. The van der Waals surface area contributed by atoms with Gasteiger partial charge in [-0.2, -0.15) is 0 Å². The van der Waals surface area contributed by atoms with Crippen molar-refractivity contribution in [2.75, 3.05) is 0 Å². The maximum atomic E-state index is 12.6. The van der Waals surface area contributed by atoms with Crippen LogP contribution in [0, 0.1) is 5.41 Å². The normalized spacial score (nSPS) is 23.7. The van der Waals surface area contributed by atoms with Crippen LogP contribution in [0.25, 0.3) is 0 Å². The second-order valence-electron chi connectivity index (χ2n) is 7.26. The van der Waals surface area contributed by atoms with Gasteiger partial charge in [-0.05, 0) is 30.4 Å². The number of piperidine rings is 1. The van der Waals surface area contributed by atoms with Crippen molar-refractivity contribution >= 4 is 5.91 Å². The molecule has 0 saturated carbocycles. The molecule has 1 aromatic heterocycles. The van der Waals surface area contributed by atoms with Gasteiger partial charge in [-0.1, -0.05) is 26.8 Å². The molecule has 0 aliphatic carbocycles. The monoisotopic (exact) mass is 325 g/mol. The van der Waals surface area contributed by atoms with Gasteiger partial charge in [0.2, 0.25) is 5.91 Å². The molecule has 2 rings (SSSR count). The van der Waals surface area contributed by atoms with Crippen molar-refractivity contribution < 1.29 is 13.6 Å². The predicted molar refractivity (Wildman–Crippen MR) is 85.2 cm³/mol. The lowest BCUT2D eigenvalue weighted by Crippen LogP contribution is -2.59. The van der Waals surface area contributed by atoms with Crippen LogP contribution in [-0.2, 0) is 4.79 Å². The minimum absolute atomic E-state index is 0.0273. The summed E-state index contributed by atoms with van der Waals surface area (Å²) in [5.41, 5.74) is 0.586. The molecule has 1 aromatic rings. The number of hydrogen-bond acceptors (Lipinski definition) is 3. The summed E-state index contributed by atoms with van der Waals surface area (Å²) in [6, 6.07) is 3.18. The highest BCUT2D eigenvalue weighted by atomic mass is 19.3. The minimum Gasteiger partial charge on any atom is -0.351 e. The van der Waals surface area contributed by atoms with E-state index in [1.807, 2.05) is 6.92 Å². The molecule has 2 N–H and O–H groups in total. The molecule has 23 heavy (non-hydrogen) atoms. The van der Waals surface area contributed by atoms with E-state index < -0.39 is 6.43 Å². The number of halogens is 2. The topological polar surface area (TPSA) is 54.0 Å². The number of amides is 1. The summed E-state index contributed by atoms with van der Waals surface area (Å²) in [6.45, 7) is 8.28. The Labute approximate surface area is 136 Å². The lowest BCUT2D eigenvalue weighted by Gasteiger charge is -2.42. The van der Waals surface area contributed by atoms with Gasteiger partial charge in [0.05, 0.1) is 0 Å². The van der Waals surface area contributed by atoms with Gasteiger partial charge in [0, 0.05) is 30.7 Å². The highest BCUT2D eigenvalue weighted by Gasteiger charge is 2.37. The average Bonchev–Trinajstić information content (AvgIpc) is 2.48. The number of pyridine rings is 1. The first kappa shape index (κ1) is 17.8. The van der Waals surface area contributed by atoms with E-state index in [1.165, 1.54) is 12.3 Å². The van der Waals surface area contributed by atoms with Crippen LogP contribution in [-0.4, -0.2) is 23.0 Å². The number of nitrogens with zero attached hydrogens (tertiary/aromatic N) is 1. The van der Waals surface area contributed by atoms with Crippen molar-refractivity contribution in [1.29, 1.82) is 0 Å². The summed E-state index contributed by atoms with van der Waals surface area (Å²) in [5.74, 6) is 0.0820. The largest absolute Gasteiger partial charge is 0.351 e. The van der Waals surface area contributed by atoms with Crippen LogP contribution in [0.4, 0.5) is 8.78 Å². The molecule has 4 nitrogen and oxygen atoms in total. The van der Waals surface area contributed by atoms with Gasteiger partial charge in [-0.25, -0.2) is 8.78 Å². The van der Waals surface area contributed by atoms with Crippen molar-refractivity contribution in [2.45, 2.75) is 65.1 Å². The Balaban J connectivity index is 2.08. The standard InChI is InChI=1S/C17H25F2N3O/c1-10(11-5-6-13(16(18)19)20-9-11)21-12-7-8-14(23)22-15(12)17(2,3)4/h5-6,9-10,12,15-16,21H,7-8H2,1-4H3,(H,22,23)/t10?,12-,15-/m1/s1. The van der Waals surface area contributed by atoms with Crippen LogP contribution in [0.15, 0.2) is 18.3 Å². The van der Waals surface area contributed by atoms with Gasteiger partial charge >= 0.3 is 0 Å². The van der Waals surface area contributed by atoms with E-state index in [2.05, 4.69) is 36.4 Å². The molecule has 1 saturated heterocycles. The lowest BCUT2D eigenvalue weighted by molar-refractivity contribution is -0.125. The number of aromatic nitrogens is 1. The Hall–Kier alpha value is -1.56. The molecule has 1 aliphatic heterocycles. The molecule has 3 atom stereocenters. The molecule has 0 aromatic carbocycles. The third-order valence-electron chi connectivity index (χ3n) is 4.33. The first-order valence-corrected chi connectivity index (χ1v) is 7.98. The fourth-order valence-corrected chi connectivity index (χ4v) is 3.02. The van der Waals surface area contributed by atoms with Crippen LogP contribution in [0.5, 0.6) is 0 Å². The maximum Gasteiger partial charge on any atom is 0.280 e. The van der Waals surface area contributed by atoms with Crippen LogP contribution < -0.4 is 10.6 Å². The molecule has 128 valence electrons. The predicted octanol–water partition coefficient (Wildman–Crippen LogP) is 3.36. The van der Waals surface area contributed by atoms with Crippen LogP contribution in [0.1, 0.15) is 64.3 Å². The van der Waals surface area contributed by atoms with Crippen LogP contribution in [0.3, 0.4) is 0 Å². The molecule has 2 heterocycles. The highest BCUT2D eigenvalue weighted by molar-refractivity contribution is 5.77. The Morgan fingerprint density at radius 2 is 2.04 bits per heavy atom. The van der Waals surface area contributed by atoms with E-state index in [9.17, 15) is 13.6 Å². The van der Waals surface area contributed by atoms with Crippen molar-refractivity contribution in [2.24, 2.45) is 5.41 Å². The van der Waals surface area contributed by atoms with E-state index in [1.54, 1.807) is 6.07 Å². The van der Waals surface area contributed by atoms with Gasteiger partial charge in [0.1, 0.15) is 5.69 Å². The maximum absolute atomic E-state index is 12.6. The molecule has 0 spiro atoms. The zero-order valence-electron chi connectivity index (χ0n) is 14.1. The Bertz CT molecular complexity index is 540. The van der Waals surface area contributed by atoms with Crippen molar-refractivity contribution in [3.63, 3.8) is 0 Å². The summed E-state index contributed by atoms with van der Waals surface area (Å²) in [7, 11) is 0. The number of alkyl halides is 2. The van der Waals surface area contributed by atoms with Crippen LogP contribution in [0.2, 0.25) is 0 Å². The molecular weight excluding hydrogens is 300 g/mol. The van der Waals surface area contributed by atoms with Gasteiger partial charge in [0.25, 0.3) is 6.43 Å². The zero-order valence-corrected chi connectivity index (χ0v) is 14.1. The van der Waals surface area contributed by atoms with E-state index in [4.69, 9.17) is 0 Å². The second kappa shape index (κ2) is 6.91. The summed E-state index contributed by atoms with van der Waals surface area (Å²) in [5, 5.41) is 6.59. The minimum atomic E-state index is -2.55. The van der Waals surface area contributed by atoms with Crippen LogP contribution >= 0.6 is 0 Å². The third kappa shape index (κ3) is 4.47. The SMILES string of the molecule is CC(N[C@@H]1CCC(=O)N[C@H]1C(C)(C)C)c1ccc(C(F)F)nc1. The molecule has 1 unspecified atom stereocenters. The van der Waals surface area contributed by atoms with E-state index in [0.29, 0.717) is 6.42 Å². The van der Waals surface area contributed by atoms with E-state index in [-0.39, 0.29) is 35.1 Å². The van der Waals surface area contributed by atoms with Crippen molar-refractivity contribution in [3.8, 4) is 0 Å². The van der Waals surface area contributed by atoms with Gasteiger partial charge < -0.3 is 10.6 Å². The molecular formula is C17H25F2N3O. The summed E-state index contributed by atoms with van der Waals surface area (Å²) < 4.78 is 25.1. The third-order valence-corrected chi connectivity index (χ3v) is 4.33.